The fraction of sp³-hybridized carbons (Fsp3) is 0.125. The number of pyridine rings is 1. The average Bonchev–Trinajstić information content (AvgIpc) is 2.65. The molecule has 2 aromatic rings. The number of nitrogens with zero attached hydrogens (tertiary/aromatic N) is 3. The molecule has 2 heterocycles. The predicted octanol–water partition coefficient (Wildman–Crippen LogP) is 0.722. The minimum atomic E-state index is 0.0962. The molecule has 0 fully saturated rings. The van der Waals surface area contributed by atoms with Crippen LogP contribution in [0, 0.1) is 0 Å². The first-order valence-electron chi connectivity index (χ1n) is 3.89. The van der Waals surface area contributed by atoms with Crippen LogP contribution in [0.25, 0.3) is 11.5 Å². The maximum Gasteiger partial charge on any atom is 0.263 e. The Morgan fingerprint density at radius 3 is 3.00 bits per heavy atom. The van der Waals surface area contributed by atoms with Crippen molar-refractivity contribution in [3.8, 4) is 17.2 Å². The zero-order chi connectivity index (χ0) is 9.97. The summed E-state index contributed by atoms with van der Waals surface area (Å²) in [5.74, 6) is 0.983. The molecule has 0 amide bonds. The van der Waals surface area contributed by atoms with Crippen molar-refractivity contribution in [2.75, 3.05) is 12.8 Å². The van der Waals surface area contributed by atoms with Gasteiger partial charge < -0.3 is 15.0 Å². The Kier molecular flexibility index (Phi) is 2.02. The molecule has 0 aromatic carbocycles. The Balaban J connectivity index is 2.50. The van der Waals surface area contributed by atoms with Gasteiger partial charge in [0.1, 0.15) is 5.75 Å². The molecule has 2 N–H and O–H groups in total. The van der Waals surface area contributed by atoms with Gasteiger partial charge in [-0.1, -0.05) is 0 Å². The van der Waals surface area contributed by atoms with E-state index in [1.807, 2.05) is 0 Å². The van der Waals surface area contributed by atoms with E-state index in [2.05, 4.69) is 15.1 Å². The Morgan fingerprint density at radius 2 is 2.36 bits per heavy atom. The highest BCUT2D eigenvalue weighted by molar-refractivity contribution is 5.61. The smallest absolute Gasteiger partial charge is 0.263 e. The van der Waals surface area contributed by atoms with Gasteiger partial charge in [-0.05, 0) is 11.2 Å². The van der Waals surface area contributed by atoms with Crippen molar-refractivity contribution < 1.29 is 9.26 Å². The summed E-state index contributed by atoms with van der Waals surface area (Å²) >= 11 is 0. The predicted molar refractivity (Wildman–Crippen MR) is 48.5 cm³/mol. The molecule has 0 bridgehead atoms. The Hall–Kier alpha value is -2.11. The lowest BCUT2D eigenvalue weighted by atomic mass is 10.2. The van der Waals surface area contributed by atoms with Crippen LogP contribution < -0.4 is 10.5 Å². The van der Waals surface area contributed by atoms with E-state index < -0.39 is 0 Å². The molecule has 0 unspecified atom stereocenters. The van der Waals surface area contributed by atoms with Crippen molar-refractivity contribution >= 4 is 5.95 Å². The Labute approximate surface area is 79.7 Å². The van der Waals surface area contributed by atoms with Crippen molar-refractivity contribution in [3.05, 3.63) is 18.5 Å². The maximum absolute atomic E-state index is 5.34. The third-order valence-corrected chi connectivity index (χ3v) is 1.68. The quantitative estimate of drug-likeness (QED) is 0.754. The van der Waals surface area contributed by atoms with Crippen LogP contribution in [0.1, 0.15) is 0 Å². The van der Waals surface area contributed by atoms with Crippen LogP contribution >= 0.6 is 0 Å². The fourth-order valence-corrected chi connectivity index (χ4v) is 1.06. The van der Waals surface area contributed by atoms with Gasteiger partial charge in [-0.3, -0.25) is 4.98 Å². The third kappa shape index (κ3) is 1.37. The van der Waals surface area contributed by atoms with Crippen LogP contribution in [0.5, 0.6) is 5.75 Å². The Bertz CT molecular complexity index is 440. The van der Waals surface area contributed by atoms with E-state index in [0.717, 1.165) is 0 Å². The minimum absolute atomic E-state index is 0.0962. The van der Waals surface area contributed by atoms with E-state index in [0.29, 0.717) is 17.2 Å². The van der Waals surface area contributed by atoms with Gasteiger partial charge in [-0.25, -0.2) is 0 Å². The van der Waals surface area contributed by atoms with Crippen molar-refractivity contribution in [1.82, 2.24) is 15.1 Å². The van der Waals surface area contributed by atoms with Gasteiger partial charge in [0, 0.05) is 6.20 Å². The van der Waals surface area contributed by atoms with E-state index in [1.54, 1.807) is 25.6 Å². The molecule has 0 atom stereocenters. The van der Waals surface area contributed by atoms with Gasteiger partial charge in [0.2, 0.25) is 0 Å². The van der Waals surface area contributed by atoms with Crippen molar-refractivity contribution in [2.45, 2.75) is 0 Å². The van der Waals surface area contributed by atoms with Crippen LogP contribution in [0.4, 0.5) is 5.95 Å². The molecule has 6 heteroatoms. The number of anilines is 1. The zero-order valence-electron chi connectivity index (χ0n) is 7.47. The third-order valence-electron chi connectivity index (χ3n) is 1.68. The Morgan fingerprint density at radius 1 is 1.50 bits per heavy atom. The summed E-state index contributed by atoms with van der Waals surface area (Å²) in [5, 5.41) is 3.48. The largest absolute Gasteiger partial charge is 0.494 e. The number of hydrogen-bond acceptors (Lipinski definition) is 6. The standard InChI is InChI=1S/C8H8N4O2/c1-13-6-4-10-3-2-5(6)7-11-8(9)12-14-7/h2-4H,1H3,(H2,9,12). The van der Waals surface area contributed by atoms with Gasteiger partial charge in [0.25, 0.3) is 11.8 Å². The normalized spacial score (nSPS) is 10.1. The second-order valence-electron chi connectivity index (χ2n) is 2.53. The summed E-state index contributed by atoms with van der Waals surface area (Å²) in [5.41, 5.74) is 6.01. The lowest BCUT2D eigenvalue weighted by Crippen LogP contribution is -1.89. The van der Waals surface area contributed by atoms with E-state index in [9.17, 15) is 0 Å². The van der Waals surface area contributed by atoms with Gasteiger partial charge >= 0.3 is 0 Å². The van der Waals surface area contributed by atoms with Crippen LogP contribution in [0.3, 0.4) is 0 Å². The molecule has 0 saturated heterocycles. The molecule has 2 rings (SSSR count). The molecule has 0 radical (unpaired) electrons. The minimum Gasteiger partial charge on any atom is -0.494 e. The summed E-state index contributed by atoms with van der Waals surface area (Å²) in [7, 11) is 1.54. The van der Waals surface area contributed by atoms with Crippen LogP contribution in [0.15, 0.2) is 23.0 Å². The molecule has 0 saturated carbocycles. The number of nitrogens with two attached hydrogens (primary N) is 1. The summed E-state index contributed by atoms with van der Waals surface area (Å²) in [6, 6.07) is 1.71. The molecule has 2 aromatic heterocycles. The lowest BCUT2D eigenvalue weighted by Gasteiger charge is -2.01. The molecular weight excluding hydrogens is 184 g/mol. The monoisotopic (exact) mass is 192 g/mol. The highest BCUT2D eigenvalue weighted by Gasteiger charge is 2.11. The zero-order valence-corrected chi connectivity index (χ0v) is 7.47. The van der Waals surface area contributed by atoms with Crippen molar-refractivity contribution in [1.29, 1.82) is 0 Å². The number of hydrogen-bond donors (Lipinski definition) is 1. The number of aromatic nitrogens is 3. The first-order valence-corrected chi connectivity index (χ1v) is 3.89. The SMILES string of the molecule is COc1cnccc1-c1nc(N)no1. The summed E-state index contributed by atoms with van der Waals surface area (Å²) in [4.78, 5) is 7.78. The highest BCUT2D eigenvalue weighted by Crippen LogP contribution is 2.27. The molecule has 6 nitrogen and oxygen atoms in total. The van der Waals surface area contributed by atoms with Crippen LogP contribution in [0.2, 0.25) is 0 Å². The second kappa shape index (κ2) is 3.33. The van der Waals surface area contributed by atoms with Gasteiger partial charge in [0.05, 0.1) is 18.9 Å². The first kappa shape index (κ1) is 8.49. The number of nitrogen functional groups attached to an aromatic ring is 1. The topological polar surface area (TPSA) is 87.1 Å². The van der Waals surface area contributed by atoms with Crippen LogP contribution in [-0.2, 0) is 0 Å². The van der Waals surface area contributed by atoms with Gasteiger partial charge in [-0.15, -0.1) is 0 Å². The summed E-state index contributed by atoms with van der Waals surface area (Å²) in [6.07, 6.45) is 3.17. The fourth-order valence-electron chi connectivity index (χ4n) is 1.06. The van der Waals surface area contributed by atoms with Crippen molar-refractivity contribution in [3.63, 3.8) is 0 Å². The molecular formula is C8H8N4O2. The number of methoxy groups -OCH3 is 1. The summed E-state index contributed by atoms with van der Waals surface area (Å²) in [6.45, 7) is 0. The van der Waals surface area contributed by atoms with Crippen molar-refractivity contribution in [2.24, 2.45) is 0 Å². The second-order valence-corrected chi connectivity index (χ2v) is 2.53. The molecule has 0 aliphatic rings. The molecule has 0 aliphatic heterocycles. The first-order chi connectivity index (χ1) is 6.81. The van der Waals surface area contributed by atoms with Crippen LogP contribution in [-0.4, -0.2) is 22.2 Å². The number of ether oxygens (including phenoxy) is 1. The molecule has 14 heavy (non-hydrogen) atoms. The molecule has 72 valence electrons. The average molecular weight is 192 g/mol. The number of rotatable bonds is 2. The van der Waals surface area contributed by atoms with Gasteiger partial charge in [-0.2, -0.15) is 4.98 Å². The van der Waals surface area contributed by atoms with E-state index in [-0.39, 0.29) is 5.95 Å². The van der Waals surface area contributed by atoms with E-state index in [1.165, 1.54) is 0 Å². The lowest BCUT2D eigenvalue weighted by molar-refractivity contribution is 0.404. The molecule has 0 aliphatic carbocycles. The van der Waals surface area contributed by atoms with E-state index >= 15 is 0 Å². The maximum atomic E-state index is 5.34. The highest BCUT2D eigenvalue weighted by atomic mass is 16.5. The van der Waals surface area contributed by atoms with E-state index in [4.69, 9.17) is 15.0 Å². The summed E-state index contributed by atoms with van der Waals surface area (Å²) < 4.78 is 9.98. The molecule has 0 spiro atoms. The van der Waals surface area contributed by atoms with Gasteiger partial charge in [0.15, 0.2) is 0 Å².